The Morgan fingerprint density at radius 3 is 1.75 bits per heavy atom. The van der Waals surface area contributed by atoms with Gasteiger partial charge >= 0.3 is 0 Å². The fourth-order valence-electron chi connectivity index (χ4n) is 5.83. The van der Waals surface area contributed by atoms with Crippen molar-refractivity contribution in [2.45, 2.75) is 116 Å². The molecule has 32 heavy (non-hydrogen) atoms. The topological polar surface area (TPSA) is 0 Å². The average Bonchev–Trinajstić information content (AvgIpc) is 2.81. The average molecular weight is 449 g/mol. The molecule has 2 aliphatic carbocycles. The third-order valence-electron chi connectivity index (χ3n) is 8.01. The molecule has 2 aliphatic rings. The molecule has 0 amide bonds. The number of halogens is 3. The zero-order valence-electron chi connectivity index (χ0n) is 20.1. The summed E-state index contributed by atoms with van der Waals surface area (Å²) < 4.78 is 40.3. The van der Waals surface area contributed by atoms with Gasteiger partial charge in [-0.15, -0.1) is 0 Å². The van der Waals surface area contributed by atoms with Crippen molar-refractivity contribution < 1.29 is 13.2 Å². The van der Waals surface area contributed by atoms with Crippen LogP contribution in [0.1, 0.15) is 121 Å². The number of rotatable bonds is 11. The lowest BCUT2D eigenvalue weighted by Gasteiger charge is -2.29. The Kier molecular flexibility index (Phi) is 10.7. The van der Waals surface area contributed by atoms with E-state index in [2.05, 4.69) is 19.1 Å². The lowest BCUT2D eigenvalue weighted by atomic mass is 9.76. The van der Waals surface area contributed by atoms with Crippen molar-refractivity contribution in [3.05, 3.63) is 47.3 Å². The summed E-state index contributed by atoms with van der Waals surface area (Å²) in [5, 5.41) is 0. The second-order valence-corrected chi connectivity index (χ2v) is 10.5. The van der Waals surface area contributed by atoms with Crippen molar-refractivity contribution in [3.8, 4) is 0 Å². The van der Waals surface area contributed by atoms with Gasteiger partial charge in [-0.05, 0) is 92.7 Å². The van der Waals surface area contributed by atoms with Gasteiger partial charge in [-0.3, -0.25) is 0 Å². The Labute approximate surface area is 194 Å². The van der Waals surface area contributed by atoms with Gasteiger partial charge in [0.25, 0.3) is 0 Å². The Hall–Kier alpha value is -1.25. The van der Waals surface area contributed by atoms with Crippen molar-refractivity contribution in [1.29, 1.82) is 0 Å². The molecule has 2 fully saturated rings. The molecular weight excluding hydrogens is 405 g/mol. The van der Waals surface area contributed by atoms with Gasteiger partial charge < -0.3 is 0 Å². The Bertz CT molecular complexity index is 671. The van der Waals surface area contributed by atoms with Crippen LogP contribution in [0.4, 0.5) is 13.2 Å². The van der Waals surface area contributed by atoms with Crippen LogP contribution in [-0.2, 0) is 0 Å². The third-order valence-corrected chi connectivity index (χ3v) is 8.01. The van der Waals surface area contributed by atoms with Gasteiger partial charge in [0.15, 0.2) is 17.5 Å². The molecule has 0 N–H and O–H groups in total. The second kappa shape index (κ2) is 13.5. The highest BCUT2D eigenvalue weighted by Gasteiger charge is 2.24. The van der Waals surface area contributed by atoms with Crippen LogP contribution in [0.3, 0.4) is 0 Å². The summed E-state index contributed by atoms with van der Waals surface area (Å²) in [5.74, 6) is -1.09. The molecule has 1 aromatic carbocycles. The fourth-order valence-corrected chi connectivity index (χ4v) is 5.83. The largest absolute Gasteiger partial charge is 0.204 e. The fraction of sp³-hybridized carbons (Fsp3) is 0.724. The third kappa shape index (κ3) is 7.96. The van der Waals surface area contributed by atoms with Crippen LogP contribution in [0.2, 0.25) is 0 Å². The molecule has 2 saturated carbocycles. The van der Waals surface area contributed by atoms with Gasteiger partial charge in [0, 0.05) is 0 Å². The van der Waals surface area contributed by atoms with E-state index in [1.54, 1.807) is 0 Å². The van der Waals surface area contributed by atoms with E-state index in [4.69, 9.17) is 0 Å². The molecule has 0 nitrogen and oxygen atoms in total. The maximum Gasteiger partial charge on any atom is 0.194 e. The molecule has 1 aromatic rings. The number of benzene rings is 1. The van der Waals surface area contributed by atoms with E-state index in [0.29, 0.717) is 11.5 Å². The first-order chi connectivity index (χ1) is 15.6. The second-order valence-electron chi connectivity index (χ2n) is 10.5. The summed E-state index contributed by atoms with van der Waals surface area (Å²) in [6, 6.07) is 2.37. The molecule has 3 rings (SSSR count). The van der Waals surface area contributed by atoms with Crippen molar-refractivity contribution >= 4 is 0 Å². The minimum Gasteiger partial charge on any atom is -0.204 e. The molecule has 0 radical (unpaired) electrons. The van der Waals surface area contributed by atoms with Crippen LogP contribution in [0.5, 0.6) is 0 Å². The minimum atomic E-state index is -1.36. The van der Waals surface area contributed by atoms with Gasteiger partial charge in [-0.1, -0.05) is 70.4 Å². The van der Waals surface area contributed by atoms with Crippen molar-refractivity contribution in [2.75, 3.05) is 0 Å². The number of hydrogen-bond acceptors (Lipinski definition) is 0. The van der Waals surface area contributed by atoms with Crippen molar-refractivity contribution in [2.24, 2.45) is 17.8 Å². The molecule has 0 aliphatic heterocycles. The van der Waals surface area contributed by atoms with Crippen molar-refractivity contribution in [3.63, 3.8) is 0 Å². The molecule has 0 heterocycles. The smallest absolute Gasteiger partial charge is 0.194 e. The molecule has 0 bridgehead atoms. The van der Waals surface area contributed by atoms with E-state index in [-0.39, 0.29) is 5.92 Å². The van der Waals surface area contributed by atoms with E-state index in [1.165, 1.54) is 89.2 Å². The molecule has 0 saturated heterocycles. The molecular formula is C29H43F3. The molecule has 0 aromatic heterocycles. The zero-order chi connectivity index (χ0) is 22.8. The first-order valence-corrected chi connectivity index (χ1v) is 13.4. The first-order valence-electron chi connectivity index (χ1n) is 13.4. The van der Waals surface area contributed by atoms with E-state index in [0.717, 1.165) is 37.5 Å². The number of hydrogen-bond donors (Lipinski definition) is 0. The summed E-state index contributed by atoms with van der Waals surface area (Å²) in [7, 11) is 0. The Balaban J connectivity index is 1.30. The summed E-state index contributed by atoms with van der Waals surface area (Å²) >= 11 is 0. The highest BCUT2D eigenvalue weighted by molar-refractivity contribution is 5.23. The van der Waals surface area contributed by atoms with Crippen LogP contribution in [0.15, 0.2) is 24.3 Å². The van der Waals surface area contributed by atoms with Gasteiger partial charge in [-0.2, -0.15) is 0 Å². The number of unbranched alkanes of at least 4 members (excludes halogenated alkanes) is 6. The van der Waals surface area contributed by atoms with Crippen LogP contribution in [0, 0.1) is 35.2 Å². The summed E-state index contributed by atoms with van der Waals surface area (Å²) in [6.45, 7) is 2.28. The summed E-state index contributed by atoms with van der Waals surface area (Å²) in [4.78, 5) is 0. The highest BCUT2D eigenvalue weighted by Crippen LogP contribution is 2.38. The first kappa shape index (κ1) is 25.4. The molecule has 180 valence electrons. The molecule has 0 atom stereocenters. The SMILES string of the molecule is CCCCCCCCC[C@H]1CC[C@H](/C=C/[C@H]2CC[C@H](c3cc(F)c(F)c(F)c3)CC2)CC1. The Morgan fingerprint density at radius 1 is 0.688 bits per heavy atom. The van der Waals surface area contributed by atoms with Crippen LogP contribution >= 0.6 is 0 Å². The highest BCUT2D eigenvalue weighted by atomic mass is 19.2. The molecule has 3 heteroatoms. The zero-order valence-corrected chi connectivity index (χ0v) is 20.1. The predicted octanol–water partition coefficient (Wildman–Crippen LogP) is 9.88. The maximum atomic E-state index is 13.5. The monoisotopic (exact) mass is 448 g/mol. The Morgan fingerprint density at radius 2 is 1.19 bits per heavy atom. The van der Waals surface area contributed by atoms with Gasteiger partial charge in [-0.25, -0.2) is 13.2 Å². The van der Waals surface area contributed by atoms with Gasteiger partial charge in [0.05, 0.1) is 0 Å². The van der Waals surface area contributed by atoms with E-state index < -0.39 is 17.5 Å². The standard InChI is InChI=1S/C29H43F3/c1-2-3-4-5-6-7-8-9-22-10-12-23(13-11-22)14-15-24-16-18-25(19-17-24)26-20-27(30)29(32)28(31)21-26/h14-15,20-25H,2-13,16-19H2,1H3/b15-14+/t22-,23-,24-,25-. The summed E-state index contributed by atoms with van der Waals surface area (Å²) in [5.41, 5.74) is 0.614. The molecule has 0 unspecified atom stereocenters. The van der Waals surface area contributed by atoms with Gasteiger partial charge in [0.2, 0.25) is 0 Å². The maximum absolute atomic E-state index is 13.5. The van der Waals surface area contributed by atoms with Gasteiger partial charge in [0.1, 0.15) is 0 Å². The van der Waals surface area contributed by atoms with E-state index in [1.807, 2.05) is 0 Å². The van der Waals surface area contributed by atoms with Crippen molar-refractivity contribution in [1.82, 2.24) is 0 Å². The quantitative estimate of drug-likeness (QED) is 0.179. The van der Waals surface area contributed by atoms with Crippen LogP contribution < -0.4 is 0 Å². The van der Waals surface area contributed by atoms with Crippen LogP contribution in [0.25, 0.3) is 0 Å². The minimum absolute atomic E-state index is 0.145. The van der Waals surface area contributed by atoms with Crippen LogP contribution in [-0.4, -0.2) is 0 Å². The van der Waals surface area contributed by atoms with E-state index >= 15 is 0 Å². The lowest BCUT2D eigenvalue weighted by molar-refractivity contribution is 0.287. The predicted molar refractivity (Wildman–Crippen MR) is 128 cm³/mol. The number of allylic oxidation sites excluding steroid dienone is 2. The normalized spacial score (nSPS) is 26.6. The lowest BCUT2D eigenvalue weighted by Crippen LogP contribution is -2.15. The van der Waals surface area contributed by atoms with E-state index in [9.17, 15) is 13.2 Å². The molecule has 0 spiro atoms. The summed E-state index contributed by atoms with van der Waals surface area (Å²) in [6.07, 6.45) is 25.5.